The van der Waals surface area contributed by atoms with Crippen molar-refractivity contribution in [1.29, 1.82) is 5.26 Å². The van der Waals surface area contributed by atoms with Crippen molar-refractivity contribution in [2.45, 2.75) is 46.1 Å². The second kappa shape index (κ2) is 5.83. The summed E-state index contributed by atoms with van der Waals surface area (Å²) in [5.41, 5.74) is 8.05. The van der Waals surface area contributed by atoms with Crippen LogP contribution < -0.4 is 10.5 Å². The minimum atomic E-state index is -0.355. The molecule has 0 saturated heterocycles. The molecule has 0 spiro atoms. The van der Waals surface area contributed by atoms with Crippen LogP contribution in [0.25, 0.3) is 0 Å². The number of aryl methyl sites for hydroxylation is 2. The van der Waals surface area contributed by atoms with Crippen LogP contribution in [0.1, 0.15) is 43.5 Å². The lowest BCUT2D eigenvalue weighted by Crippen LogP contribution is -2.44. The summed E-state index contributed by atoms with van der Waals surface area (Å²) in [6.45, 7) is 8.22. The molecule has 0 saturated carbocycles. The molecule has 0 aliphatic carbocycles. The third-order valence-electron chi connectivity index (χ3n) is 3.33. The highest BCUT2D eigenvalue weighted by Gasteiger charge is 2.22. The van der Waals surface area contributed by atoms with Crippen LogP contribution in [0.2, 0.25) is 0 Å². The van der Waals surface area contributed by atoms with E-state index in [1.807, 2.05) is 33.8 Å². The first-order valence-corrected chi connectivity index (χ1v) is 6.25. The van der Waals surface area contributed by atoms with Crippen LogP contribution in [0, 0.1) is 25.2 Å². The summed E-state index contributed by atoms with van der Waals surface area (Å²) in [4.78, 5) is 4.28. The van der Waals surface area contributed by atoms with Gasteiger partial charge in [-0.1, -0.05) is 13.8 Å². The van der Waals surface area contributed by atoms with Gasteiger partial charge in [0.15, 0.2) is 0 Å². The predicted molar refractivity (Wildman–Crippen MR) is 71.4 cm³/mol. The minimum Gasteiger partial charge on any atom is -0.475 e. The number of aromatic nitrogens is 1. The predicted octanol–water partition coefficient (Wildman–Crippen LogP) is 2.47. The highest BCUT2D eigenvalue weighted by Crippen LogP contribution is 2.21. The van der Waals surface area contributed by atoms with E-state index in [9.17, 15) is 0 Å². The molecule has 4 heteroatoms. The quantitative estimate of drug-likeness (QED) is 0.867. The van der Waals surface area contributed by atoms with Crippen LogP contribution in [-0.2, 0) is 0 Å². The van der Waals surface area contributed by atoms with Crippen molar-refractivity contribution in [2.24, 2.45) is 5.73 Å². The molecule has 4 nitrogen and oxygen atoms in total. The fraction of sp³-hybridized carbons (Fsp3) is 0.571. The highest BCUT2D eigenvalue weighted by atomic mass is 16.5. The van der Waals surface area contributed by atoms with Crippen molar-refractivity contribution in [3.8, 4) is 11.9 Å². The summed E-state index contributed by atoms with van der Waals surface area (Å²) >= 11 is 0. The molecule has 0 aromatic carbocycles. The Morgan fingerprint density at radius 1 is 1.39 bits per heavy atom. The van der Waals surface area contributed by atoms with E-state index in [4.69, 9.17) is 15.7 Å². The van der Waals surface area contributed by atoms with Gasteiger partial charge in [0.2, 0.25) is 5.88 Å². The topological polar surface area (TPSA) is 71.9 Å². The highest BCUT2D eigenvalue weighted by molar-refractivity contribution is 5.45. The molecule has 0 aliphatic heterocycles. The number of rotatable bonds is 5. The lowest BCUT2D eigenvalue weighted by atomic mass is 9.96. The molecule has 0 fully saturated rings. The molecule has 18 heavy (non-hydrogen) atoms. The molecule has 0 aliphatic rings. The Balaban J connectivity index is 2.95. The van der Waals surface area contributed by atoms with E-state index in [0.29, 0.717) is 18.1 Å². The summed E-state index contributed by atoms with van der Waals surface area (Å²) in [5.74, 6) is 0.395. The zero-order valence-corrected chi connectivity index (χ0v) is 11.6. The van der Waals surface area contributed by atoms with Crippen LogP contribution in [0.3, 0.4) is 0 Å². The summed E-state index contributed by atoms with van der Waals surface area (Å²) in [6.07, 6.45) is 1.66. The molecule has 0 bridgehead atoms. The number of nitriles is 1. The van der Waals surface area contributed by atoms with E-state index in [-0.39, 0.29) is 5.54 Å². The van der Waals surface area contributed by atoms with Gasteiger partial charge < -0.3 is 10.5 Å². The van der Waals surface area contributed by atoms with Crippen LogP contribution in [-0.4, -0.2) is 17.1 Å². The largest absolute Gasteiger partial charge is 0.475 e. The first kappa shape index (κ1) is 14.5. The monoisotopic (exact) mass is 247 g/mol. The first-order chi connectivity index (χ1) is 8.45. The van der Waals surface area contributed by atoms with Crippen molar-refractivity contribution in [3.63, 3.8) is 0 Å². The Labute approximate surface area is 109 Å². The van der Waals surface area contributed by atoms with E-state index in [2.05, 4.69) is 11.1 Å². The lowest BCUT2D eigenvalue weighted by molar-refractivity contribution is 0.200. The fourth-order valence-corrected chi connectivity index (χ4v) is 1.71. The van der Waals surface area contributed by atoms with E-state index < -0.39 is 0 Å². The summed E-state index contributed by atoms with van der Waals surface area (Å²) in [5, 5.41) is 9.13. The maximum Gasteiger partial charge on any atom is 0.232 e. The number of hydrogen-bond donors (Lipinski definition) is 1. The van der Waals surface area contributed by atoms with Gasteiger partial charge in [0.05, 0.1) is 0 Å². The van der Waals surface area contributed by atoms with Crippen molar-refractivity contribution in [2.75, 3.05) is 6.61 Å². The van der Waals surface area contributed by atoms with Gasteiger partial charge in [0, 0.05) is 11.2 Å². The van der Waals surface area contributed by atoms with Gasteiger partial charge in [-0.3, -0.25) is 0 Å². The molecule has 0 unspecified atom stereocenters. The fourth-order valence-electron chi connectivity index (χ4n) is 1.71. The Kier molecular flexibility index (Phi) is 4.69. The third kappa shape index (κ3) is 3.21. The standard InChI is InChI=1S/C14H21N3O/c1-5-14(16,6-2)9-18-13-12(8-15)10(3)7-11(4)17-13/h7H,5-6,9,16H2,1-4H3. The molecule has 98 valence electrons. The lowest BCUT2D eigenvalue weighted by Gasteiger charge is -2.26. The van der Waals surface area contributed by atoms with Crippen LogP contribution in [0.15, 0.2) is 6.07 Å². The number of ether oxygens (including phenoxy) is 1. The van der Waals surface area contributed by atoms with E-state index >= 15 is 0 Å². The van der Waals surface area contributed by atoms with E-state index in [0.717, 1.165) is 24.1 Å². The zero-order chi connectivity index (χ0) is 13.8. The van der Waals surface area contributed by atoms with Crippen molar-refractivity contribution >= 4 is 0 Å². The Hall–Kier alpha value is -1.60. The van der Waals surface area contributed by atoms with Crippen molar-refractivity contribution in [3.05, 3.63) is 22.9 Å². The number of nitrogens with zero attached hydrogens (tertiary/aromatic N) is 2. The van der Waals surface area contributed by atoms with Gasteiger partial charge in [0.25, 0.3) is 0 Å². The summed E-state index contributed by atoms with van der Waals surface area (Å²) in [7, 11) is 0. The molecular formula is C14H21N3O. The molecule has 1 rings (SSSR count). The molecular weight excluding hydrogens is 226 g/mol. The van der Waals surface area contributed by atoms with Gasteiger partial charge in [-0.25, -0.2) is 4.98 Å². The maximum atomic E-state index is 9.13. The van der Waals surface area contributed by atoms with E-state index in [1.165, 1.54) is 0 Å². The number of hydrogen-bond acceptors (Lipinski definition) is 4. The van der Waals surface area contributed by atoms with Gasteiger partial charge in [-0.2, -0.15) is 5.26 Å². The van der Waals surface area contributed by atoms with Crippen LogP contribution in [0.5, 0.6) is 5.88 Å². The Morgan fingerprint density at radius 2 is 2.00 bits per heavy atom. The first-order valence-electron chi connectivity index (χ1n) is 6.25. The minimum absolute atomic E-state index is 0.355. The molecule has 0 atom stereocenters. The van der Waals surface area contributed by atoms with Crippen LogP contribution >= 0.6 is 0 Å². The summed E-state index contributed by atoms with van der Waals surface area (Å²) < 4.78 is 5.68. The van der Waals surface area contributed by atoms with Crippen molar-refractivity contribution in [1.82, 2.24) is 4.98 Å². The maximum absolute atomic E-state index is 9.13. The molecule has 1 aromatic heterocycles. The Morgan fingerprint density at radius 3 is 2.50 bits per heavy atom. The summed E-state index contributed by atoms with van der Waals surface area (Å²) in [6, 6.07) is 4.01. The number of nitrogens with two attached hydrogens (primary N) is 1. The zero-order valence-electron chi connectivity index (χ0n) is 11.6. The van der Waals surface area contributed by atoms with Gasteiger partial charge >= 0.3 is 0 Å². The molecule has 2 N–H and O–H groups in total. The average Bonchev–Trinajstić information content (AvgIpc) is 2.35. The second-order valence-corrected chi connectivity index (χ2v) is 4.73. The van der Waals surface area contributed by atoms with Gasteiger partial charge in [-0.05, 0) is 38.3 Å². The van der Waals surface area contributed by atoms with Crippen molar-refractivity contribution < 1.29 is 4.74 Å². The van der Waals surface area contributed by atoms with Gasteiger partial charge in [0.1, 0.15) is 18.2 Å². The molecule has 0 radical (unpaired) electrons. The smallest absolute Gasteiger partial charge is 0.232 e. The van der Waals surface area contributed by atoms with Gasteiger partial charge in [-0.15, -0.1) is 0 Å². The molecule has 1 heterocycles. The average molecular weight is 247 g/mol. The Bertz CT molecular complexity index is 459. The van der Waals surface area contributed by atoms with Crippen LogP contribution in [0.4, 0.5) is 0 Å². The normalized spacial score (nSPS) is 11.1. The second-order valence-electron chi connectivity index (χ2n) is 4.73. The van der Waals surface area contributed by atoms with E-state index in [1.54, 1.807) is 0 Å². The third-order valence-corrected chi connectivity index (χ3v) is 3.33. The number of pyridine rings is 1. The molecule has 0 amide bonds. The molecule has 1 aromatic rings. The SMILES string of the molecule is CCC(N)(CC)COc1nc(C)cc(C)c1C#N.